The summed E-state index contributed by atoms with van der Waals surface area (Å²) in [5.41, 5.74) is 0. The molecule has 4 amide bonds. The van der Waals surface area contributed by atoms with Crippen molar-refractivity contribution in [3.63, 3.8) is 0 Å². The molecule has 0 fully saturated rings. The van der Waals surface area contributed by atoms with Crippen molar-refractivity contribution in [3.8, 4) is 0 Å². The summed E-state index contributed by atoms with van der Waals surface area (Å²) in [6.45, 7) is 31.1. The van der Waals surface area contributed by atoms with Gasteiger partial charge in [-0.05, 0) is 49.4 Å². The van der Waals surface area contributed by atoms with E-state index >= 15 is 0 Å². The van der Waals surface area contributed by atoms with E-state index in [1.165, 1.54) is 12.8 Å². The first-order valence-corrected chi connectivity index (χ1v) is 20.6. The number of carbonyl (C=O) groups excluding carboxylic acids is 4. The number of nitrogens with zero attached hydrogens (tertiary/aromatic N) is 2. The molecule has 0 heterocycles. The highest BCUT2D eigenvalue weighted by molar-refractivity contribution is 5.87. The predicted molar refractivity (Wildman–Crippen MR) is 223 cm³/mol. The number of carboxylic acid groups (broad SMARTS) is 1. The Kier molecular flexibility index (Phi) is 43.1. The Labute approximate surface area is 330 Å². The van der Waals surface area contributed by atoms with Crippen LogP contribution in [0.25, 0.3) is 0 Å². The molecular weight excluding hydrogens is 690 g/mol. The molecule has 0 spiro atoms. The third-order valence-electron chi connectivity index (χ3n) is 7.35. The summed E-state index contributed by atoms with van der Waals surface area (Å²) in [5, 5.41) is 30.0. The van der Waals surface area contributed by atoms with Gasteiger partial charge in [-0.3, -0.25) is 39.3 Å². The van der Waals surface area contributed by atoms with Crippen LogP contribution >= 0.6 is 0 Å². The Balaban J connectivity index is -0.000000722. The van der Waals surface area contributed by atoms with E-state index in [1.54, 1.807) is 13.8 Å². The number of hydrazine groups is 2. The summed E-state index contributed by atoms with van der Waals surface area (Å²) in [6, 6.07) is -1.50. The Bertz CT molecular complexity index is 948. The summed E-state index contributed by atoms with van der Waals surface area (Å²) in [5.74, 6) is 9.59. The van der Waals surface area contributed by atoms with Crippen LogP contribution in [-0.2, 0) is 24.0 Å². The van der Waals surface area contributed by atoms with E-state index < -0.39 is 36.0 Å². The number of nitrogens with two attached hydrogens (primary N) is 2. The molecule has 0 aliphatic carbocycles. The largest absolute Gasteiger partial charge is 0.481 e. The zero-order valence-corrected chi connectivity index (χ0v) is 37.4. The second-order valence-electron chi connectivity index (χ2n) is 14.3. The topological polar surface area (TPSA) is 220 Å². The highest BCUT2D eigenvalue weighted by Gasteiger charge is 2.29. The molecule has 0 aromatic heterocycles. The third kappa shape index (κ3) is 36.2. The molecule has 0 aromatic carbocycles. The van der Waals surface area contributed by atoms with Crippen molar-refractivity contribution >= 4 is 29.6 Å². The summed E-state index contributed by atoms with van der Waals surface area (Å²) in [4.78, 5) is 61.5. The molecule has 4 atom stereocenters. The van der Waals surface area contributed by atoms with Crippen molar-refractivity contribution in [2.45, 2.75) is 193 Å². The normalized spacial score (nSPS) is 12.6. The molecule has 14 nitrogen and oxygen atoms in total. The molecule has 0 aliphatic rings. The van der Waals surface area contributed by atoms with E-state index in [-0.39, 0.29) is 80.4 Å². The molecule has 9 N–H and O–H groups in total. The van der Waals surface area contributed by atoms with E-state index in [1.807, 2.05) is 83.1 Å². The lowest BCUT2D eigenvalue weighted by Crippen LogP contribution is -2.57. The predicted octanol–water partition coefficient (Wildman–Crippen LogP) is 5.96. The van der Waals surface area contributed by atoms with E-state index in [0.29, 0.717) is 19.3 Å². The van der Waals surface area contributed by atoms with Crippen molar-refractivity contribution in [1.82, 2.24) is 26.0 Å². The molecule has 0 rings (SSSR count). The Hall–Kier alpha value is -2.81. The monoisotopic (exact) mass is 778 g/mol. The molecule has 54 heavy (non-hydrogen) atoms. The van der Waals surface area contributed by atoms with Crippen molar-refractivity contribution in [2.75, 3.05) is 13.1 Å². The van der Waals surface area contributed by atoms with Crippen LogP contribution in [0, 0.1) is 23.7 Å². The van der Waals surface area contributed by atoms with Crippen LogP contribution in [0.15, 0.2) is 0 Å². The van der Waals surface area contributed by atoms with Gasteiger partial charge in [-0.25, -0.2) is 11.7 Å². The second-order valence-corrected chi connectivity index (χ2v) is 14.3. The molecule has 0 aliphatic heterocycles. The maximum atomic E-state index is 13.0. The molecule has 324 valence electrons. The zero-order chi connectivity index (χ0) is 43.6. The fourth-order valence-electron chi connectivity index (χ4n) is 4.81. The second kappa shape index (κ2) is 38.5. The zero-order valence-electron chi connectivity index (χ0n) is 37.4. The van der Waals surface area contributed by atoms with Crippen molar-refractivity contribution in [1.29, 1.82) is 0 Å². The number of carboxylic acids is 1. The lowest BCUT2D eigenvalue weighted by Gasteiger charge is -2.30. The number of aliphatic hydroxyl groups excluding tert-OH is 1. The molecule has 0 bridgehead atoms. The first-order chi connectivity index (χ1) is 25.2. The van der Waals surface area contributed by atoms with Gasteiger partial charge < -0.3 is 20.8 Å². The van der Waals surface area contributed by atoms with Gasteiger partial charge >= 0.3 is 5.97 Å². The highest BCUT2D eigenvalue weighted by Crippen LogP contribution is 2.13. The number of unbranched alkanes of at least 4 members (excludes halogenated alkanes) is 1. The van der Waals surface area contributed by atoms with Crippen LogP contribution in [0.2, 0.25) is 0 Å². The smallest absolute Gasteiger partial charge is 0.303 e. The number of hydrogen-bond acceptors (Lipinski definition) is 9. The quantitative estimate of drug-likeness (QED) is 0.0279. The molecule has 14 heteroatoms. The minimum Gasteiger partial charge on any atom is -0.481 e. The Morgan fingerprint density at radius 3 is 1.52 bits per heavy atom. The minimum absolute atomic E-state index is 0.00208. The fraction of sp³-hybridized carbons (Fsp3) is 0.875. The van der Waals surface area contributed by atoms with Crippen LogP contribution in [0.5, 0.6) is 0 Å². The van der Waals surface area contributed by atoms with Crippen LogP contribution in [-0.4, -0.2) is 87.3 Å². The van der Waals surface area contributed by atoms with Gasteiger partial charge in [0.2, 0.25) is 17.7 Å². The van der Waals surface area contributed by atoms with Gasteiger partial charge in [-0.1, -0.05) is 124 Å². The average Bonchev–Trinajstić information content (AvgIpc) is 3.09. The number of carbonyl (C=O) groups is 5. The summed E-state index contributed by atoms with van der Waals surface area (Å²) < 4.78 is 0. The van der Waals surface area contributed by atoms with Crippen molar-refractivity contribution in [3.05, 3.63) is 0 Å². The van der Waals surface area contributed by atoms with Gasteiger partial charge in [0.15, 0.2) is 0 Å². The Morgan fingerprint density at radius 1 is 0.648 bits per heavy atom. The molecule has 0 aromatic rings. The van der Waals surface area contributed by atoms with E-state index in [9.17, 15) is 29.1 Å². The van der Waals surface area contributed by atoms with Crippen LogP contribution < -0.4 is 27.6 Å². The number of aliphatic carboxylic acids is 1. The first-order valence-electron chi connectivity index (χ1n) is 20.6. The summed E-state index contributed by atoms with van der Waals surface area (Å²) in [6.07, 6.45) is 3.41. The van der Waals surface area contributed by atoms with Crippen molar-refractivity contribution in [2.24, 2.45) is 35.4 Å². The van der Waals surface area contributed by atoms with E-state index in [4.69, 9.17) is 16.8 Å². The standard InChI is InChI=1S/C30H59N7O7.C4H10.3C2H6/c1-18(2)13-22(33-26(40)17-37(32)30(44)29(21(7)8)35-24(38)15-20(5)6)9-11-27(41)36(31)16-25(39)34-23(14-19(3)4)10-12-28(42)43;1-3-4-2;3*1-2/h18-23,26,29,33,40H,9-17,31-32H2,1-8H3,(H,34,39)(H,35,38)(H,42,43);3-4H2,1-2H3;3*1-2H3. The molecular formula is C40H87N7O7. The van der Waals surface area contributed by atoms with Gasteiger partial charge in [0.1, 0.15) is 18.8 Å². The number of amides is 4. The SMILES string of the molecule is CC.CC.CC.CC(C)CC(=O)NC(C(=O)N(N)CC(O)NC(CCC(=O)N(N)CC(=O)NC(CCC(=O)O)CC(C)C)CC(C)C)C(C)C.CCCC. The summed E-state index contributed by atoms with van der Waals surface area (Å²) in [7, 11) is 0. The summed E-state index contributed by atoms with van der Waals surface area (Å²) >= 11 is 0. The van der Waals surface area contributed by atoms with E-state index in [2.05, 4.69) is 29.8 Å². The van der Waals surface area contributed by atoms with E-state index in [0.717, 1.165) is 10.0 Å². The van der Waals surface area contributed by atoms with Gasteiger partial charge in [0.25, 0.3) is 5.91 Å². The maximum Gasteiger partial charge on any atom is 0.303 e. The van der Waals surface area contributed by atoms with Gasteiger partial charge in [-0.2, -0.15) is 0 Å². The molecule has 0 radical (unpaired) electrons. The number of rotatable bonds is 23. The number of hydrogen-bond donors (Lipinski definition) is 7. The molecule has 0 saturated heterocycles. The fourth-order valence-corrected chi connectivity index (χ4v) is 4.81. The number of aliphatic hydroxyl groups is 1. The highest BCUT2D eigenvalue weighted by atomic mass is 16.4. The van der Waals surface area contributed by atoms with Gasteiger partial charge in [0, 0.05) is 31.3 Å². The Morgan fingerprint density at radius 2 is 1.11 bits per heavy atom. The third-order valence-corrected chi connectivity index (χ3v) is 7.35. The first kappa shape index (κ1) is 60.4. The van der Waals surface area contributed by atoms with Crippen molar-refractivity contribution < 1.29 is 34.2 Å². The number of nitrogens with one attached hydrogen (secondary N) is 3. The lowest BCUT2D eigenvalue weighted by molar-refractivity contribution is -0.139. The van der Waals surface area contributed by atoms with Crippen LogP contribution in [0.3, 0.4) is 0 Å². The van der Waals surface area contributed by atoms with Gasteiger partial charge in [0.05, 0.1) is 6.54 Å². The van der Waals surface area contributed by atoms with Crippen LogP contribution in [0.4, 0.5) is 0 Å². The van der Waals surface area contributed by atoms with Crippen LogP contribution in [0.1, 0.15) is 169 Å². The lowest BCUT2D eigenvalue weighted by atomic mass is 9.99. The molecule has 4 unspecified atom stereocenters. The molecule has 0 saturated carbocycles. The maximum absolute atomic E-state index is 13.0. The van der Waals surface area contributed by atoms with Gasteiger partial charge in [-0.15, -0.1) is 0 Å². The average molecular weight is 778 g/mol. The minimum atomic E-state index is -1.20.